The number of pyridine rings is 1. The fourth-order valence-corrected chi connectivity index (χ4v) is 3.18. The van der Waals surface area contributed by atoms with Gasteiger partial charge in [0.1, 0.15) is 17.4 Å². The maximum absolute atomic E-state index is 13.0. The highest BCUT2D eigenvalue weighted by atomic mass is 19.4. The van der Waals surface area contributed by atoms with Crippen molar-refractivity contribution < 1.29 is 27.4 Å². The summed E-state index contributed by atoms with van der Waals surface area (Å²) in [6.45, 7) is 9.89. The third-order valence-corrected chi connectivity index (χ3v) is 4.49. The van der Waals surface area contributed by atoms with Crippen LogP contribution in [0.15, 0.2) is 36.5 Å². The highest BCUT2D eigenvalue weighted by molar-refractivity contribution is 5.70. The first-order valence-electron chi connectivity index (χ1n) is 10.2. The first-order valence-corrected chi connectivity index (χ1v) is 10.2. The van der Waals surface area contributed by atoms with Crippen molar-refractivity contribution in [3.63, 3.8) is 0 Å². The molecule has 2 heterocycles. The number of rotatable bonds is 3. The van der Waals surface area contributed by atoms with Gasteiger partial charge in [-0.3, -0.25) is 4.98 Å². The fourth-order valence-electron chi connectivity index (χ4n) is 3.18. The van der Waals surface area contributed by atoms with E-state index >= 15 is 0 Å². The molecule has 1 amide bonds. The second-order valence-electron chi connectivity index (χ2n) is 7.96. The number of ether oxygens (including phenoxy) is 2. The van der Waals surface area contributed by atoms with Crippen LogP contribution in [-0.2, 0) is 22.3 Å². The number of hydrogen-bond acceptors (Lipinski definition) is 4. The van der Waals surface area contributed by atoms with E-state index in [2.05, 4.69) is 4.98 Å². The lowest BCUT2D eigenvalue weighted by molar-refractivity contribution is -0.141. The minimum Gasteiger partial charge on any atom is -0.444 e. The van der Waals surface area contributed by atoms with E-state index in [-0.39, 0.29) is 19.3 Å². The molecule has 31 heavy (non-hydrogen) atoms. The Bertz CT molecular complexity index is 908. The summed E-state index contributed by atoms with van der Waals surface area (Å²) < 4.78 is 50.3. The van der Waals surface area contributed by atoms with Gasteiger partial charge in [0, 0.05) is 13.2 Å². The number of alkyl halides is 3. The number of nitrogens with zero attached hydrogens (tertiary/aromatic N) is 2. The number of hydrogen-bond donors (Lipinski definition) is 0. The monoisotopic (exact) mass is 438 g/mol. The van der Waals surface area contributed by atoms with E-state index in [4.69, 9.17) is 9.47 Å². The van der Waals surface area contributed by atoms with Crippen LogP contribution in [0.4, 0.5) is 18.0 Å². The van der Waals surface area contributed by atoms with E-state index < -0.39 is 23.6 Å². The third-order valence-electron chi connectivity index (χ3n) is 4.49. The molecule has 1 aromatic carbocycles. The van der Waals surface area contributed by atoms with E-state index in [0.717, 1.165) is 23.4 Å². The SMILES string of the molecule is CC.CN(CC1OCc2c(-c3ccnc(C(F)(F)F)c3)cccc21)C(=O)OC(C)(C)C. The molecule has 3 rings (SSSR count). The van der Waals surface area contributed by atoms with Crippen molar-refractivity contribution in [3.8, 4) is 11.1 Å². The summed E-state index contributed by atoms with van der Waals surface area (Å²) in [5.41, 5.74) is 1.21. The molecule has 170 valence electrons. The Morgan fingerprint density at radius 1 is 1.23 bits per heavy atom. The topological polar surface area (TPSA) is 51.7 Å². The van der Waals surface area contributed by atoms with Gasteiger partial charge in [0.2, 0.25) is 0 Å². The van der Waals surface area contributed by atoms with Crippen molar-refractivity contribution in [2.45, 2.75) is 59.1 Å². The number of carbonyl (C=O) groups excluding carboxylic acids is 1. The standard InChI is InChI=1S/C21H23F3N2O3.C2H6/c1-20(2,3)29-19(27)26(4)11-17-15-7-5-6-14(16(15)12-28-17)13-8-9-25-18(10-13)21(22,23)24;1-2/h5-10,17H,11-12H2,1-4H3;1-2H3. The highest BCUT2D eigenvalue weighted by Gasteiger charge is 2.33. The summed E-state index contributed by atoms with van der Waals surface area (Å²) in [4.78, 5) is 17.1. The average Bonchev–Trinajstić information content (AvgIpc) is 3.10. The lowest BCUT2D eigenvalue weighted by Crippen LogP contribution is -2.36. The number of benzene rings is 1. The van der Waals surface area contributed by atoms with Gasteiger partial charge in [0.25, 0.3) is 0 Å². The summed E-state index contributed by atoms with van der Waals surface area (Å²) in [7, 11) is 1.62. The smallest absolute Gasteiger partial charge is 0.433 e. The minimum absolute atomic E-state index is 0.252. The predicted molar refractivity (Wildman–Crippen MR) is 112 cm³/mol. The number of amides is 1. The maximum Gasteiger partial charge on any atom is 0.433 e. The van der Waals surface area contributed by atoms with E-state index in [1.54, 1.807) is 46.0 Å². The van der Waals surface area contributed by atoms with Gasteiger partial charge in [-0.15, -0.1) is 0 Å². The molecule has 8 heteroatoms. The minimum atomic E-state index is -4.51. The molecule has 1 unspecified atom stereocenters. The number of fused-ring (bicyclic) bond motifs is 1. The Kier molecular flexibility index (Phi) is 7.70. The summed E-state index contributed by atoms with van der Waals surface area (Å²) in [6, 6.07) is 7.99. The summed E-state index contributed by atoms with van der Waals surface area (Å²) in [6.07, 6.45) is -4.20. The summed E-state index contributed by atoms with van der Waals surface area (Å²) in [5, 5.41) is 0. The first kappa shape index (κ1) is 24.7. The quantitative estimate of drug-likeness (QED) is 0.570. The molecular weight excluding hydrogens is 409 g/mol. The van der Waals surface area contributed by atoms with Crippen molar-refractivity contribution in [1.29, 1.82) is 0 Å². The van der Waals surface area contributed by atoms with E-state index in [1.165, 1.54) is 4.90 Å². The van der Waals surface area contributed by atoms with Crippen LogP contribution < -0.4 is 0 Å². The van der Waals surface area contributed by atoms with E-state index in [1.807, 2.05) is 19.9 Å². The van der Waals surface area contributed by atoms with Crippen molar-refractivity contribution in [3.05, 3.63) is 53.3 Å². The van der Waals surface area contributed by atoms with E-state index in [0.29, 0.717) is 11.1 Å². The second-order valence-corrected chi connectivity index (χ2v) is 7.96. The summed E-state index contributed by atoms with van der Waals surface area (Å²) in [5.74, 6) is 0. The molecular formula is C23H29F3N2O3. The molecule has 1 aromatic heterocycles. The Hall–Kier alpha value is -2.61. The summed E-state index contributed by atoms with van der Waals surface area (Å²) >= 11 is 0. The molecule has 5 nitrogen and oxygen atoms in total. The van der Waals surface area contributed by atoms with E-state index in [9.17, 15) is 18.0 Å². The molecule has 1 atom stereocenters. The average molecular weight is 438 g/mol. The van der Waals surface area contributed by atoms with Gasteiger partial charge >= 0.3 is 12.3 Å². The Balaban J connectivity index is 0.00000166. The molecule has 0 bridgehead atoms. The lowest BCUT2D eigenvalue weighted by Gasteiger charge is -2.26. The Morgan fingerprint density at radius 2 is 1.90 bits per heavy atom. The molecule has 0 spiro atoms. The van der Waals surface area contributed by atoms with Gasteiger partial charge in [0.05, 0.1) is 13.2 Å². The van der Waals surface area contributed by atoms with Gasteiger partial charge in [-0.25, -0.2) is 4.79 Å². The van der Waals surface area contributed by atoms with Crippen LogP contribution in [0.25, 0.3) is 11.1 Å². The fraction of sp³-hybridized carbons (Fsp3) is 0.478. The van der Waals surface area contributed by atoms with Gasteiger partial charge in [0.15, 0.2) is 0 Å². The maximum atomic E-state index is 13.0. The van der Waals surface area contributed by atoms with Crippen LogP contribution in [-0.4, -0.2) is 35.2 Å². The van der Waals surface area contributed by atoms with Crippen LogP contribution in [0.1, 0.15) is 57.5 Å². The molecule has 0 radical (unpaired) electrons. The molecule has 1 aliphatic heterocycles. The van der Waals surface area contributed by atoms with Crippen LogP contribution in [0.5, 0.6) is 0 Å². The lowest BCUT2D eigenvalue weighted by atomic mass is 9.95. The molecule has 0 saturated heterocycles. The van der Waals surface area contributed by atoms with Gasteiger partial charge in [-0.2, -0.15) is 13.2 Å². The number of carbonyl (C=O) groups is 1. The zero-order valence-electron chi connectivity index (χ0n) is 18.7. The second kappa shape index (κ2) is 9.68. The van der Waals surface area contributed by atoms with Gasteiger partial charge < -0.3 is 14.4 Å². The van der Waals surface area contributed by atoms with Crippen molar-refractivity contribution in [2.75, 3.05) is 13.6 Å². The van der Waals surface area contributed by atoms with Crippen LogP contribution in [0, 0.1) is 0 Å². The third kappa shape index (κ3) is 6.19. The molecule has 1 aliphatic rings. The van der Waals surface area contributed by atoms with Gasteiger partial charge in [-0.05, 0) is 55.2 Å². The molecule has 0 fully saturated rings. The van der Waals surface area contributed by atoms with Crippen molar-refractivity contribution in [1.82, 2.24) is 9.88 Å². The van der Waals surface area contributed by atoms with Crippen LogP contribution in [0.2, 0.25) is 0 Å². The highest BCUT2D eigenvalue weighted by Crippen LogP contribution is 2.39. The van der Waals surface area contributed by atoms with Gasteiger partial charge in [-0.1, -0.05) is 32.0 Å². The first-order chi connectivity index (χ1) is 14.5. The largest absolute Gasteiger partial charge is 0.444 e. The Morgan fingerprint density at radius 3 is 2.52 bits per heavy atom. The molecule has 0 N–H and O–H groups in total. The van der Waals surface area contributed by atoms with Crippen molar-refractivity contribution in [2.24, 2.45) is 0 Å². The van der Waals surface area contributed by atoms with Crippen molar-refractivity contribution >= 4 is 6.09 Å². The Labute approximate surface area is 181 Å². The van der Waals surface area contributed by atoms with Crippen LogP contribution >= 0.6 is 0 Å². The number of halogens is 3. The normalized spacial score (nSPS) is 15.6. The molecule has 0 saturated carbocycles. The van der Waals surface area contributed by atoms with Crippen LogP contribution in [0.3, 0.4) is 0 Å². The number of likely N-dealkylation sites (N-methyl/N-ethyl adjacent to an activating group) is 1. The molecule has 2 aromatic rings. The number of aromatic nitrogens is 1. The molecule has 0 aliphatic carbocycles. The zero-order valence-corrected chi connectivity index (χ0v) is 18.7. The zero-order chi connectivity index (χ0) is 23.4. The predicted octanol–water partition coefficient (Wildman–Crippen LogP) is 6.23.